The van der Waals surface area contributed by atoms with Gasteiger partial charge in [0.1, 0.15) is 5.49 Å². The van der Waals surface area contributed by atoms with E-state index >= 15 is 0 Å². The Balaban J connectivity index is 2.53. The molecule has 0 fully saturated rings. The smallest absolute Gasteiger partial charge is 0.308 e. The van der Waals surface area contributed by atoms with Crippen LogP contribution in [0.3, 0.4) is 0 Å². The van der Waals surface area contributed by atoms with Crippen LogP contribution in [0.4, 0.5) is 0 Å². The van der Waals surface area contributed by atoms with Gasteiger partial charge in [0.2, 0.25) is 0 Å². The molecule has 1 aromatic rings. The van der Waals surface area contributed by atoms with E-state index in [0.29, 0.717) is 18.7 Å². The van der Waals surface area contributed by atoms with Crippen molar-refractivity contribution < 1.29 is 13.6 Å². The molecule has 3 nitrogen and oxygen atoms in total. The first-order chi connectivity index (χ1) is 7.70. The Morgan fingerprint density at radius 2 is 1.69 bits per heavy atom. The summed E-state index contributed by atoms with van der Waals surface area (Å²) in [6.45, 7) is 4.46. The predicted octanol–water partition coefficient (Wildman–Crippen LogP) is 4.00. The minimum Gasteiger partial charge on any atom is -0.308 e. The number of benzene rings is 1. The van der Waals surface area contributed by atoms with Crippen LogP contribution in [0.25, 0.3) is 0 Å². The van der Waals surface area contributed by atoms with Crippen molar-refractivity contribution in [3.63, 3.8) is 0 Å². The van der Waals surface area contributed by atoms with Crippen molar-refractivity contribution in [2.75, 3.05) is 18.7 Å². The molecule has 0 saturated heterocycles. The van der Waals surface area contributed by atoms with Gasteiger partial charge in [0.25, 0.3) is 0 Å². The minimum atomic E-state index is -2.92. The first-order valence-electron chi connectivity index (χ1n) is 5.26. The van der Waals surface area contributed by atoms with Gasteiger partial charge in [0.15, 0.2) is 0 Å². The van der Waals surface area contributed by atoms with Crippen LogP contribution in [-0.4, -0.2) is 18.7 Å². The summed E-state index contributed by atoms with van der Waals surface area (Å²) in [6, 6.07) is 9.82. The van der Waals surface area contributed by atoms with E-state index in [0.717, 1.165) is 4.90 Å². The first kappa shape index (κ1) is 13.8. The molecule has 0 radical (unpaired) electrons. The van der Waals surface area contributed by atoms with E-state index in [9.17, 15) is 4.57 Å². The lowest BCUT2D eigenvalue weighted by molar-refractivity contribution is 0.224. The molecule has 0 aliphatic heterocycles. The number of rotatable bonds is 7. The normalized spacial score (nSPS) is 11.6. The monoisotopic (exact) mass is 261 g/mol. The summed E-state index contributed by atoms with van der Waals surface area (Å²) in [7, 11) is -2.92. The third-order valence-electron chi connectivity index (χ3n) is 1.78. The maximum absolute atomic E-state index is 12.1. The Kier molecular flexibility index (Phi) is 6.14. The average molecular weight is 261 g/mol. The van der Waals surface area contributed by atoms with Gasteiger partial charge in [0, 0.05) is 4.90 Å². The molecular weight excluding hydrogens is 244 g/mol. The molecule has 0 atom stereocenters. The third-order valence-corrected chi connectivity index (χ3v) is 5.47. The van der Waals surface area contributed by atoms with Crippen molar-refractivity contribution in [2.24, 2.45) is 0 Å². The highest BCUT2D eigenvalue weighted by Gasteiger charge is 2.23. The van der Waals surface area contributed by atoms with Crippen LogP contribution in [0.5, 0.6) is 0 Å². The molecule has 1 rings (SSSR count). The van der Waals surface area contributed by atoms with Gasteiger partial charge in [-0.15, -0.1) is 11.8 Å². The van der Waals surface area contributed by atoms with Crippen molar-refractivity contribution in [2.45, 2.75) is 18.7 Å². The van der Waals surface area contributed by atoms with Crippen molar-refractivity contribution in [1.29, 1.82) is 0 Å². The van der Waals surface area contributed by atoms with Gasteiger partial charge in [-0.25, -0.2) is 0 Å². The largest absolute Gasteiger partial charge is 0.340 e. The maximum atomic E-state index is 12.1. The Bertz CT molecular complexity index is 332. The molecule has 16 heavy (non-hydrogen) atoms. The zero-order chi connectivity index (χ0) is 11.9. The van der Waals surface area contributed by atoms with Crippen LogP contribution in [0.2, 0.25) is 0 Å². The van der Waals surface area contributed by atoms with E-state index in [1.165, 1.54) is 11.8 Å². The van der Waals surface area contributed by atoms with Crippen LogP contribution in [0.15, 0.2) is 35.2 Å². The Morgan fingerprint density at radius 3 is 2.19 bits per heavy atom. The van der Waals surface area contributed by atoms with Gasteiger partial charge in [-0.3, -0.25) is 4.57 Å². The van der Waals surface area contributed by atoms with E-state index in [4.69, 9.17) is 9.05 Å². The molecule has 0 saturated carbocycles. The fourth-order valence-electron chi connectivity index (χ4n) is 1.18. The summed E-state index contributed by atoms with van der Waals surface area (Å²) >= 11 is 1.49. The molecule has 0 amide bonds. The van der Waals surface area contributed by atoms with Gasteiger partial charge in [-0.1, -0.05) is 18.2 Å². The second kappa shape index (κ2) is 7.13. The van der Waals surface area contributed by atoms with Crippen LogP contribution in [0.1, 0.15) is 13.8 Å². The molecule has 1 aromatic carbocycles. The molecule has 0 spiro atoms. The number of hydrogen-bond donors (Lipinski definition) is 0. The third kappa shape index (κ3) is 4.71. The zero-order valence-corrected chi connectivity index (χ0v) is 11.3. The quantitative estimate of drug-likeness (QED) is 0.422. The lowest BCUT2D eigenvalue weighted by Crippen LogP contribution is -1.97. The Labute approximate surface area is 101 Å². The van der Waals surface area contributed by atoms with Crippen LogP contribution in [0, 0.1) is 0 Å². The maximum Gasteiger partial charge on any atom is 0.340 e. The van der Waals surface area contributed by atoms with E-state index in [2.05, 4.69) is 0 Å². The van der Waals surface area contributed by atoms with Crippen molar-refractivity contribution in [3.8, 4) is 0 Å². The summed E-state index contributed by atoms with van der Waals surface area (Å²) in [6.07, 6.45) is 0. The van der Waals surface area contributed by atoms with Gasteiger partial charge in [-0.2, -0.15) is 0 Å². The Hall–Kier alpha value is -0.280. The summed E-state index contributed by atoms with van der Waals surface area (Å²) < 4.78 is 22.5. The van der Waals surface area contributed by atoms with E-state index < -0.39 is 7.60 Å². The molecule has 90 valence electrons. The standard InChI is InChI=1S/C11H17O3PS/c1-3-13-15(12,14-4-2)10-16-11-8-6-5-7-9-11/h5-9H,3-4,10H2,1-2H3/i10+1. The van der Waals surface area contributed by atoms with Crippen molar-refractivity contribution in [1.82, 2.24) is 0 Å². The topological polar surface area (TPSA) is 35.5 Å². The molecule has 0 unspecified atom stereocenters. The van der Waals surface area contributed by atoms with Crippen LogP contribution in [-0.2, 0) is 13.6 Å². The predicted molar refractivity (Wildman–Crippen MR) is 68.0 cm³/mol. The van der Waals surface area contributed by atoms with Crippen LogP contribution < -0.4 is 0 Å². The molecule has 0 aromatic heterocycles. The molecule has 0 aliphatic rings. The van der Waals surface area contributed by atoms with Crippen molar-refractivity contribution >= 4 is 19.4 Å². The molecule has 0 bridgehead atoms. The second-order valence-corrected chi connectivity index (χ2v) is 6.56. The summed E-state index contributed by atoms with van der Waals surface area (Å²) in [5.74, 6) is 0. The number of hydrogen-bond acceptors (Lipinski definition) is 4. The fourth-order valence-corrected chi connectivity index (χ4v) is 4.21. The molecule has 0 N–H and O–H groups in total. The highest BCUT2D eigenvalue weighted by molar-refractivity contribution is 8.04. The molecular formula is C11H17O3PS. The fraction of sp³-hybridized carbons (Fsp3) is 0.455. The van der Waals surface area contributed by atoms with Gasteiger partial charge < -0.3 is 9.05 Å². The summed E-state index contributed by atoms with van der Waals surface area (Å²) in [5, 5.41) is 0. The Morgan fingerprint density at radius 1 is 1.12 bits per heavy atom. The lowest BCUT2D eigenvalue weighted by Gasteiger charge is -2.16. The SMILES string of the molecule is CCOP(=O)([13CH2]Sc1ccccc1)OCC. The van der Waals surface area contributed by atoms with Gasteiger partial charge in [0.05, 0.1) is 13.2 Å². The zero-order valence-electron chi connectivity index (χ0n) is 9.59. The van der Waals surface area contributed by atoms with E-state index in [1.807, 2.05) is 44.2 Å². The molecule has 0 heterocycles. The summed E-state index contributed by atoms with van der Waals surface area (Å²) in [5.41, 5.74) is 0.360. The van der Waals surface area contributed by atoms with Gasteiger partial charge in [-0.05, 0) is 26.0 Å². The van der Waals surface area contributed by atoms with E-state index in [-0.39, 0.29) is 0 Å². The molecule has 5 heteroatoms. The summed E-state index contributed by atoms with van der Waals surface area (Å²) in [4.78, 5) is 1.07. The van der Waals surface area contributed by atoms with Crippen molar-refractivity contribution in [3.05, 3.63) is 30.3 Å². The average Bonchev–Trinajstić information content (AvgIpc) is 2.29. The van der Waals surface area contributed by atoms with Crippen LogP contribution >= 0.6 is 19.4 Å². The lowest BCUT2D eigenvalue weighted by atomic mass is 10.4. The highest BCUT2D eigenvalue weighted by atomic mass is 32.2. The molecule has 0 aliphatic carbocycles. The van der Waals surface area contributed by atoms with Gasteiger partial charge >= 0.3 is 7.60 Å². The highest BCUT2D eigenvalue weighted by Crippen LogP contribution is 2.51. The number of thioether (sulfide) groups is 1. The second-order valence-electron chi connectivity index (χ2n) is 3.03. The minimum absolute atomic E-state index is 0.360. The first-order valence-corrected chi connectivity index (χ1v) is 7.97. The van der Waals surface area contributed by atoms with E-state index in [1.54, 1.807) is 0 Å².